The number of furan rings is 1. The molecule has 1 unspecified atom stereocenters. The Morgan fingerprint density at radius 1 is 1.24 bits per heavy atom. The minimum absolute atomic E-state index is 0.105. The summed E-state index contributed by atoms with van der Waals surface area (Å²) in [5.41, 5.74) is 6.28. The van der Waals surface area contributed by atoms with E-state index in [4.69, 9.17) is 21.8 Å². The van der Waals surface area contributed by atoms with Crippen molar-refractivity contribution in [3.05, 3.63) is 52.7 Å². The van der Waals surface area contributed by atoms with E-state index < -0.39 is 10.0 Å². The molecule has 1 aromatic carbocycles. The van der Waals surface area contributed by atoms with Gasteiger partial charge in [0.1, 0.15) is 5.76 Å². The van der Waals surface area contributed by atoms with E-state index in [-0.39, 0.29) is 17.7 Å². The molecule has 7 heteroatoms. The molecule has 0 spiro atoms. The maximum absolute atomic E-state index is 12.5. The van der Waals surface area contributed by atoms with Crippen LogP contribution >= 0.6 is 11.6 Å². The highest BCUT2D eigenvalue weighted by atomic mass is 35.5. The molecule has 2 rings (SSSR count). The molecule has 5 nitrogen and oxygen atoms in total. The van der Waals surface area contributed by atoms with E-state index >= 15 is 0 Å². The highest BCUT2D eigenvalue weighted by Gasteiger charge is 2.29. The predicted molar refractivity (Wildman–Crippen MR) is 81.4 cm³/mol. The van der Waals surface area contributed by atoms with Gasteiger partial charge in [0, 0.05) is 18.1 Å². The monoisotopic (exact) mass is 328 g/mol. The summed E-state index contributed by atoms with van der Waals surface area (Å²) in [6.07, 6.45) is 0. The average Bonchev–Trinajstić information content (AvgIpc) is 2.96. The van der Waals surface area contributed by atoms with Crippen molar-refractivity contribution in [3.8, 4) is 0 Å². The minimum Gasteiger partial charge on any atom is -0.447 e. The first kappa shape index (κ1) is 16.0. The summed E-state index contributed by atoms with van der Waals surface area (Å²) >= 11 is 5.84. The van der Waals surface area contributed by atoms with Crippen LogP contribution < -0.4 is 5.73 Å². The second-order valence-electron chi connectivity index (χ2n) is 4.67. The Kier molecular flexibility index (Phi) is 4.73. The first-order chi connectivity index (χ1) is 9.86. The summed E-state index contributed by atoms with van der Waals surface area (Å²) in [6, 6.07) is 9.69. The van der Waals surface area contributed by atoms with Gasteiger partial charge in [-0.15, -0.1) is 0 Å². The lowest BCUT2D eigenvalue weighted by Gasteiger charge is -2.23. The van der Waals surface area contributed by atoms with Gasteiger partial charge < -0.3 is 10.2 Å². The molecule has 0 radical (unpaired) electrons. The zero-order chi connectivity index (χ0) is 15.6. The first-order valence-corrected chi connectivity index (χ1v) is 8.20. The van der Waals surface area contributed by atoms with E-state index in [9.17, 15) is 8.42 Å². The lowest BCUT2D eigenvalue weighted by Crippen LogP contribution is -2.29. The lowest BCUT2D eigenvalue weighted by molar-refractivity contribution is 0.360. The molecule has 1 heterocycles. The van der Waals surface area contributed by atoms with Crippen molar-refractivity contribution in [2.45, 2.75) is 24.6 Å². The van der Waals surface area contributed by atoms with Crippen LogP contribution in [-0.2, 0) is 16.6 Å². The van der Waals surface area contributed by atoms with Gasteiger partial charge in [0.2, 0.25) is 5.09 Å². The maximum Gasteiger partial charge on any atom is 0.276 e. The van der Waals surface area contributed by atoms with Gasteiger partial charge in [-0.05, 0) is 36.8 Å². The van der Waals surface area contributed by atoms with Gasteiger partial charge in [-0.3, -0.25) is 0 Å². The minimum atomic E-state index is -3.71. The number of nitrogens with two attached hydrogens (primary N) is 1. The summed E-state index contributed by atoms with van der Waals surface area (Å²) in [7, 11) is -2.19. The van der Waals surface area contributed by atoms with Gasteiger partial charge in [0.25, 0.3) is 10.0 Å². The van der Waals surface area contributed by atoms with Crippen molar-refractivity contribution < 1.29 is 12.8 Å². The Bertz CT molecular complexity index is 710. The molecule has 2 aromatic rings. The highest BCUT2D eigenvalue weighted by molar-refractivity contribution is 7.89. The molecule has 0 bridgehead atoms. The van der Waals surface area contributed by atoms with Crippen LogP contribution in [0.15, 0.2) is 45.9 Å². The predicted octanol–water partition coefficient (Wildman–Crippen LogP) is 2.77. The first-order valence-electron chi connectivity index (χ1n) is 6.38. The molecule has 0 saturated heterocycles. The van der Waals surface area contributed by atoms with Crippen LogP contribution in [0.2, 0.25) is 5.02 Å². The standard InChI is InChI=1S/C14H17ClN2O3S/c1-10(11-3-5-12(15)6-4-11)17(2)21(18,19)14-8-7-13(9-16)20-14/h3-8,10H,9,16H2,1-2H3. The number of hydrogen-bond acceptors (Lipinski definition) is 4. The third-order valence-electron chi connectivity index (χ3n) is 3.37. The van der Waals surface area contributed by atoms with Crippen LogP contribution in [-0.4, -0.2) is 19.8 Å². The van der Waals surface area contributed by atoms with Crippen molar-refractivity contribution >= 4 is 21.6 Å². The van der Waals surface area contributed by atoms with Gasteiger partial charge in [-0.1, -0.05) is 23.7 Å². The van der Waals surface area contributed by atoms with Crippen molar-refractivity contribution in [1.82, 2.24) is 4.31 Å². The summed E-state index contributed by atoms with van der Waals surface area (Å²) in [6.45, 7) is 1.96. The number of rotatable bonds is 5. The van der Waals surface area contributed by atoms with E-state index in [1.807, 2.05) is 0 Å². The Balaban J connectivity index is 2.28. The molecule has 0 saturated carbocycles. The van der Waals surface area contributed by atoms with Gasteiger partial charge in [0.15, 0.2) is 0 Å². The van der Waals surface area contributed by atoms with Crippen LogP contribution in [0, 0.1) is 0 Å². The molecule has 114 valence electrons. The summed E-state index contributed by atoms with van der Waals surface area (Å²) in [4.78, 5) is 0. The van der Waals surface area contributed by atoms with E-state index in [2.05, 4.69) is 0 Å². The normalized spacial score (nSPS) is 13.6. The van der Waals surface area contributed by atoms with E-state index in [1.54, 1.807) is 37.3 Å². The van der Waals surface area contributed by atoms with Crippen LogP contribution in [0.5, 0.6) is 0 Å². The molecule has 0 aliphatic rings. The summed E-state index contributed by atoms with van der Waals surface area (Å²) < 4.78 is 31.5. The molecule has 0 aliphatic heterocycles. The SMILES string of the molecule is CC(c1ccc(Cl)cc1)N(C)S(=O)(=O)c1ccc(CN)o1. The topological polar surface area (TPSA) is 76.5 Å². The van der Waals surface area contributed by atoms with Crippen molar-refractivity contribution in [1.29, 1.82) is 0 Å². The Morgan fingerprint density at radius 3 is 2.38 bits per heavy atom. The highest BCUT2D eigenvalue weighted by Crippen LogP contribution is 2.27. The third kappa shape index (κ3) is 3.29. The zero-order valence-electron chi connectivity index (χ0n) is 11.8. The smallest absolute Gasteiger partial charge is 0.276 e. The van der Waals surface area contributed by atoms with Crippen LogP contribution in [0.3, 0.4) is 0 Å². The molecule has 1 atom stereocenters. The van der Waals surface area contributed by atoms with Gasteiger partial charge in [0.05, 0.1) is 6.54 Å². The van der Waals surface area contributed by atoms with Crippen LogP contribution in [0.25, 0.3) is 0 Å². The number of halogens is 1. The Labute approximate surface area is 129 Å². The van der Waals surface area contributed by atoms with Gasteiger partial charge in [-0.2, -0.15) is 4.31 Å². The molecule has 2 N–H and O–H groups in total. The molecular weight excluding hydrogens is 312 g/mol. The van der Waals surface area contributed by atoms with Gasteiger partial charge in [-0.25, -0.2) is 8.42 Å². The molecule has 1 aromatic heterocycles. The molecular formula is C14H17ClN2O3S. The largest absolute Gasteiger partial charge is 0.447 e. The second kappa shape index (κ2) is 6.19. The van der Waals surface area contributed by atoms with Crippen molar-refractivity contribution in [2.24, 2.45) is 5.73 Å². The maximum atomic E-state index is 12.5. The fourth-order valence-electron chi connectivity index (χ4n) is 1.91. The Morgan fingerprint density at radius 2 is 1.86 bits per heavy atom. The molecule has 21 heavy (non-hydrogen) atoms. The van der Waals surface area contributed by atoms with E-state index in [0.29, 0.717) is 10.8 Å². The summed E-state index contributed by atoms with van der Waals surface area (Å²) in [5.74, 6) is 0.432. The Hall–Kier alpha value is -1.34. The quantitative estimate of drug-likeness (QED) is 0.915. The van der Waals surface area contributed by atoms with Crippen molar-refractivity contribution in [2.75, 3.05) is 7.05 Å². The average molecular weight is 329 g/mol. The fourth-order valence-corrected chi connectivity index (χ4v) is 3.31. The second-order valence-corrected chi connectivity index (χ2v) is 7.04. The van der Waals surface area contributed by atoms with Crippen molar-refractivity contribution in [3.63, 3.8) is 0 Å². The molecule has 0 aliphatic carbocycles. The molecule has 0 fully saturated rings. The van der Waals surface area contributed by atoms with E-state index in [0.717, 1.165) is 5.56 Å². The number of sulfonamides is 1. The van der Waals surface area contributed by atoms with Gasteiger partial charge >= 0.3 is 0 Å². The van der Waals surface area contributed by atoms with E-state index in [1.165, 1.54) is 17.4 Å². The fraction of sp³-hybridized carbons (Fsp3) is 0.286. The third-order valence-corrected chi connectivity index (χ3v) is 5.42. The zero-order valence-corrected chi connectivity index (χ0v) is 13.4. The van der Waals surface area contributed by atoms with Crippen LogP contribution in [0.4, 0.5) is 0 Å². The number of nitrogens with zero attached hydrogens (tertiary/aromatic N) is 1. The number of hydrogen-bond donors (Lipinski definition) is 1. The molecule has 0 amide bonds. The summed E-state index contributed by atoms with van der Waals surface area (Å²) in [5, 5.41) is 0.501. The van der Waals surface area contributed by atoms with Crippen LogP contribution in [0.1, 0.15) is 24.3 Å². The lowest BCUT2D eigenvalue weighted by atomic mass is 10.1. The number of benzene rings is 1.